The van der Waals surface area contributed by atoms with Crippen LogP contribution in [0, 0.1) is 12.7 Å². The van der Waals surface area contributed by atoms with E-state index in [0.29, 0.717) is 52.5 Å². The van der Waals surface area contributed by atoms with Gasteiger partial charge in [0.15, 0.2) is 0 Å². The number of ether oxygens (including phenoxy) is 2. The van der Waals surface area contributed by atoms with Crippen LogP contribution in [0.1, 0.15) is 58.5 Å². The van der Waals surface area contributed by atoms with E-state index in [9.17, 15) is 19.1 Å². The molecule has 0 atom stereocenters. The molecule has 0 aromatic heterocycles. The number of rotatable bonds is 11. The maximum absolute atomic E-state index is 14.1. The molecule has 6 nitrogen and oxygen atoms in total. The Morgan fingerprint density at radius 2 is 1.69 bits per heavy atom. The smallest absolute Gasteiger partial charge is 0.338 e. The van der Waals surface area contributed by atoms with Crippen molar-refractivity contribution in [2.45, 2.75) is 40.2 Å². The third kappa shape index (κ3) is 6.55. The molecule has 2 N–H and O–H groups in total. The lowest BCUT2D eigenvalue weighted by molar-refractivity contribution is 0.0691. The highest BCUT2D eigenvalue weighted by Crippen LogP contribution is 2.31. The summed E-state index contributed by atoms with van der Waals surface area (Å²) in [6.07, 6.45) is 1.66. The van der Waals surface area contributed by atoms with Gasteiger partial charge in [0.1, 0.15) is 17.3 Å². The van der Waals surface area contributed by atoms with Crippen molar-refractivity contribution in [3.05, 3.63) is 81.6 Å². The first-order valence-electron chi connectivity index (χ1n) is 11.7. The molecule has 0 aliphatic rings. The summed E-state index contributed by atoms with van der Waals surface area (Å²) in [4.78, 5) is 24.3. The number of carboxylic acids is 1. The maximum Gasteiger partial charge on any atom is 0.338 e. The summed E-state index contributed by atoms with van der Waals surface area (Å²) >= 11 is 6.32. The van der Waals surface area contributed by atoms with Crippen molar-refractivity contribution in [3.63, 3.8) is 0 Å². The Balaban J connectivity index is 1.88. The molecule has 0 aliphatic carbocycles. The first-order chi connectivity index (χ1) is 17.2. The number of aryl methyl sites for hydroxylation is 1. The molecule has 1 amide bonds. The number of benzene rings is 3. The molecule has 3 rings (SSSR count). The summed E-state index contributed by atoms with van der Waals surface area (Å²) in [5.41, 5.74) is 2.44. The van der Waals surface area contributed by atoms with Crippen molar-refractivity contribution >= 4 is 23.5 Å². The minimum absolute atomic E-state index is 0.141. The average molecular weight is 514 g/mol. The second kappa shape index (κ2) is 12.4. The number of amides is 1. The van der Waals surface area contributed by atoms with Crippen LogP contribution in [0.4, 0.5) is 4.39 Å². The lowest BCUT2D eigenvalue weighted by Crippen LogP contribution is -2.23. The normalized spacial score (nSPS) is 10.7. The van der Waals surface area contributed by atoms with Crippen molar-refractivity contribution in [1.82, 2.24) is 5.32 Å². The molecule has 36 heavy (non-hydrogen) atoms. The fourth-order valence-electron chi connectivity index (χ4n) is 3.65. The van der Waals surface area contributed by atoms with Gasteiger partial charge in [-0.05, 0) is 78.9 Å². The topological polar surface area (TPSA) is 84.9 Å². The first kappa shape index (κ1) is 27.0. The molecular weight excluding hydrogens is 485 g/mol. The zero-order valence-electron chi connectivity index (χ0n) is 20.5. The van der Waals surface area contributed by atoms with Gasteiger partial charge < -0.3 is 19.9 Å². The van der Waals surface area contributed by atoms with E-state index >= 15 is 0 Å². The number of hydrogen-bond acceptors (Lipinski definition) is 4. The van der Waals surface area contributed by atoms with Gasteiger partial charge >= 0.3 is 5.97 Å². The summed E-state index contributed by atoms with van der Waals surface area (Å²) in [5, 5.41) is 12.5. The molecule has 0 fully saturated rings. The molecule has 3 aromatic rings. The van der Waals surface area contributed by atoms with Gasteiger partial charge in [0.05, 0.1) is 29.4 Å². The van der Waals surface area contributed by atoms with E-state index in [1.165, 1.54) is 12.1 Å². The molecular formula is C28H29ClFNO5. The largest absolute Gasteiger partial charge is 0.494 e. The monoisotopic (exact) mass is 513 g/mol. The van der Waals surface area contributed by atoms with E-state index in [1.54, 1.807) is 43.3 Å². The van der Waals surface area contributed by atoms with E-state index in [-0.39, 0.29) is 17.5 Å². The predicted molar refractivity (Wildman–Crippen MR) is 138 cm³/mol. The molecule has 3 aromatic carbocycles. The van der Waals surface area contributed by atoms with Crippen molar-refractivity contribution in [2.24, 2.45) is 0 Å². The molecule has 0 heterocycles. The number of halogens is 2. The number of hydrogen-bond donors (Lipinski definition) is 2. The molecule has 0 saturated carbocycles. The molecule has 0 aliphatic heterocycles. The molecule has 0 spiro atoms. The highest BCUT2D eigenvalue weighted by atomic mass is 35.5. The van der Waals surface area contributed by atoms with Gasteiger partial charge in [0.2, 0.25) is 0 Å². The van der Waals surface area contributed by atoms with Gasteiger partial charge in [-0.3, -0.25) is 4.79 Å². The molecule has 0 saturated heterocycles. The fourth-order valence-corrected chi connectivity index (χ4v) is 3.90. The number of aromatic carboxylic acids is 1. The number of carbonyl (C=O) groups is 2. The summed E-state index contributed by atoms with van der Waals surface area (Å²) in [7, 11) is 0. The van der Waals surface area contributed by atoms with Crippen LogP contribution in [-0.2, 0) is 6.54 Å². The van der Waals surface area contributed by atoms with Crippen molar-refractivity contribution in [3.8, 4) is 22.6 Å². The van der Waals surface area contributed by atoms with Crippen LogP contribution >= 0.6 is 11.6 Å². The van der Waals surface area contributed by atoms with Crippen molar-refractivity contribution < 1.29 is 28.6 Å². The minimum Gasteiger partial charge on any atom is -0.494 e. The lowest BCUT2D eigenvalue weighted by Gasteiger charge is -2.16. The summed E-state index contributed by atoms with van der Waals surface area (Å²) in [6.45, 7) is 6.88. The van der Waals surface area contributed by atoms with E-state index < -0.39 is 17.3 Å². The van der Waals surface area contributed by atoms with Gasteiger partial charge in [-0.2, -0.15) is 0 Å². The number of nitrogens with one attached hydrogen (secondary N) is 1. The lowest BCUT2D eigenvalue weighted by atomic mass is 9.96. The Bertz CT molecular complexity index is 1260. The highest BCUT2D eigenvalue weighted by molar-refractivity contribution is 6.34. The Kier molecular flexibility index (Phi) is 9.31. The van der Waals surface area contributed by atoms with Gasteiger partial charge in [0, 0.05) is 12.1 Å². The SMILES string of the molecule is CCCOc1ccc(C(=O)NCc2cc(-c3cc(C(=O)O)c(F)cc3C)ccc2OCCC)c(Cl)c1. The van der Waals surface area contributed by atoms with Gasteiger partial charge in [-0.25, -0.2) is 9.18 Å². The van der Waals surface area contributed by atoms with Crippen LogP contribution in [0.2, 0.25) is 5.02 Å². The zero-order valence-corrected chi connectivity index (χ0v) is 21.2. The second-order valence-electron chi connectivity index (χ2n) is 8.30. The van der Waals surface area contributed by atoms with E-state index in [4.69, 9.17) is 21.1 Å². The van der Waals surface area contributed by atoms with E-state index in [0.717, 1.165) is 12.8 Å². The number of carbonyl (C=O) groups excluding carboxylic acids is 1. The van der Waals surface area contributed by atoms with Gasteiger partial charge in [-0.15, -0.1) is 0 Å². The molecule has 0 bridgehead atoms. The fraction of sp³-hybridized carbons (Fsp3) is 0.286. The van der Waals surface area contributed by atoms with Crippen molar-refractivity contribution in [1.29, 1.82) is 0 Å². The van der Waals surface area contributed by atoms with Crippen LogP contribution in [0.5, 0.6) is 11.5 Å². The minimum atomic E-state index is -1.34. The Morgan fingerprint density at radius 1 is 0.972 bits per heavy atom. The number of carboxylic acid groups (broad SMARTS) is 1. The molecule has 0 radical (unpaired) electrons. The summed E-state index contributed by atoms with van der Waals surface area (Å²) in [5.74, 6) is -1.31. The van der Waals surface area contributed by atoms with Gasteiger partial charge in [0.25, 0.3) is 5.91 Å². The third-order valence-corrected chi connectivity index (χ3v) is 5.79. The Labute approximate surface area is 215 Å². The van der Waals surface area contributed by atoms with E-state index in [2.05, 4.69) is 5.32 Å². The van der Waals surface area contributed by atoms with Crippen LogP contribution in [0.3, 0.4) is 0 Å². The van der Waals surface area contributed by atoms with Gasteiger partial charge in [-0.1, -0.05) is 31.5 Å². The summed E-state index contributed by atoms with van der Waals surface area (Å²) in [6, 6.07) is 12.8. The molecule has 8 heteroatoms. The quantitative estimate of drug-likeness (QED) is 0.299. The van der Waals surface area contributed by atoms with Crippen LogP contribution in [0.15, 0.2) is 48.5 Å². The standard InChI is InChI=1S/C28H29ClFNO5/c1-4-10-35-20-7-8-21(24(29)14-20)27(32)31-16-19-13-18(6-9-26(19)36-11-5-2)22-15-23(28(33)34)25(30)12-17(22)3/h6-9,12-15H,4-5,10-11,16H2,1-3H3,(H,31,32)(H,33,34). The zero-order chi connectivity index (χ0) is 26.2. The van der Waals surface area contributed by atoms with E-state index in [1.807, 2.05) is 13.8 Å². The predicted octanol–water partition coefficient (Wildman–Crippen LogP) is 6.66. The molecule has 190 valence electrons. The van der Waals surface area contributed by atoms with Crippen LogP contribution in [-0.4, -0.2) is 30.2 Å². The second-order valence-corrected chi connectivity index (χ2v) is 8.70. The third-order valence-electron chi connectivity index (χ3n) is 5.48. The van der Waals surface area contributed by atoms with Crippen molar-refractivity contribution in [2.75, 3.05) is 13.2 Å². The van der Waals surface area contributed by atoms with Crippen LogP contribution in [0.25, 0.3) is 11.1 Å². The Morgan fingerprint density at radius 3 is 2.36 bits per heavy atom. The maximum atomic E-state index is 14.1. The average Bonchev–Trinajstić information content (AvgIpc) is 2.85. The first-order valence-corrected chi connectivity index (χ1v) is 12.1. The highest BCUT2D eigenvalue weighted by Gasteiger charge is 2.17. The van der Waals surface area contributed by atoms with Crippen LogP contribution < -0.4 is 14.8 Å². The Hall–Kier alpha value is -3.58. The summed E-state index contributed by atoms with van der Waals surface area (Å²) < 4.78 is 25.5. The molecule has 0 unspecified atom stereocenters.